The largest absolute Gasteiger partial charge is 0.341 e. The average molecular weight is 280 g/mol. The number of nitrogens with zero attached hydrogens (tertiary/aromatic N) is 2. The van der Waals surface area contributed by atoms with E-state index >= 15 is 0 Å². The molecule has 0 fully saturated rings. The predicted octanol–water partition coefficient (Wildman–Crippen LogP) is 2.91. The Balaban J connectivity index is 2.76. The molecule has 0 aliphatic rings. The number of amides is 1. The van der Waals surface area contributed by atoms with E-state index in [9.17, 15) is 13.6 Å². The van der Waals surface area contributed by atoms with Gasteiger partial charge in [-0.3, -0.25) is 4.79 Å². The first-order valence-electron chi connectivity index (χ1n) is 6.52. The lowest BCUT2D eigenvalue weighted by Gasteiger charge is -2.23. The van der Waals surface area contributed by atoms with Crippen LogP contribution in [0.2, 0.25) is 0 Å². The SMILES string of the molecule is CC(C)CN(CCC#N)C(=O)Cc1ccc(F)cc1F. The molecule has 108 valence electrons. The van der Waals surface area contributed by atoms with Gasteiger partial charge in [0, 0.05) is 19.2 Å². The van der Waals surface area contributed by atoms with Gasteiger partial charge in [-0.25, -0.2) is 8.78 Å². The summed E-state index contributed by atoms with van der Waals surface area (Å²) in [6.45, 7) is 4.77. The third-order valence-corrected chi connectivity index (χ3v) is 2.79. The minimum Gasteiger partial charge on any atom is -0.341 e. The van der Waals surface area contributed by atoms with Crippen LogP contribution in [0.3, 0.4) is 0 Å². The number of benzene rings is 1. The second kappa shape index (κ2) is 7.59. The van der Waals surface area contributed by atoms with E-state index in [4.69, 9.17) is 5.26 Å². The molecule has 0 radical (unpaired) electrons. The van der Waals surface area contributed by atoms with Gasteiger partial charge in [-0.2, -0.15) is 5.26 Å². The Hall–Kier alpha value is -1.96. The second-order valence-electron chi connectivity index (χ2n) is 5.05. The van der Waals surface area contributed by atoms with E-state index in [0.717, 1.165) is 12.1 Å². The molecule has 0 N–H and O–H groups in total. The molecule has 0 saturated heterocycles. The average Bonchev–Trinajstić information content (AvgIpc) is 2.37. The number of carbonyl (C=O) groups excluding carboxylic acids is 1. The van der Waals surface area contributed by atoms with Gasteiger partial charge in [0.2, 0.25) is 5.91 Å². The van der Waals surface area contributed by atoms with Crippen LogP contribution in [0.1, 0.15) is 25.8 Å². The van der Waals surface area contributed by atoms with Crippen LogP contribution in [0.4, 0.5) is 8.78 Å². The lowest BCUT2D eigenvalue weighted by atomic mass is 10.1. The van der Waals surface area contributed by atoms with Crippen LogP contribution in [0.25, 0.3) is 0 Å². The Bertz CT molecular complexity index is 509. The molecule has 0 spiro atoms. The lowest BCUT2D eigenvalue weighted by molar-refractivity contribution is -0.131. The Labute approximate surface area is 117 Å². The maximum atomic E-state index is 13.5. The number of rotatable bonds is 6. The summed E-state index contributed by atoms with van der Waals surface area (Å²) in [7, 11) is 0. The van der Waals surface area contributed by atoms with Gasteiger partial charge in [-0.15, -0.1) is 0 Å². The van der Waals surface area contributed by atoms with Crippen molar-refractivity contribution in [2.75, 3.05) is 13.1 Å². The van der Waals surface area contributed by atoms with Gasteiger partial charge in [0.1, 0.15) is 11.6 Å². The van der Waals surface area contributed by atoms with Gasteiger partial charge in [-0.05, 0) is 17.5 Å². The van der Waals surface area contributed by atoms with Crippen LogP contribution in [0.5, 0.6) is 0 Å². The van der Waals surface area contributed by atoms with Gasteiger partial charge in [0.15, 0.2) is 0 Å². The molecule has 3 nitrogen and oxygen atoms in total. The van der Waals surface area contributed by atoms with Crippen molar-refractivity contribution in [1.82, 2.24) is 4.90 Å². The fraction of sp³-hybridized carbons (Fsp3) is 0.467. The highest BCUT2D eigenvalue weighted by molar-refractivity contribution is 5.78. The van der Waals surface area contributed by atoms with E-state index in [-0.39, 0.29) is 30.2 Å². The summed E-state index contributed by atoms with van der Waals surface area (Å²) in [4.78, 5) is 13.7. The highest BCUT2D eigenvalue weighted by Crippen LogP contribution is 2.12. The summed E-state index contributed by atoms with van der Waals surface area (Å²) < 4.78 is 26.3. The number of hydrogen-bond donors (Lipinski definition) is 0. The molecule has 1 rings (SSSR count). The molecule has 5 heteroatoms. The molecular formula is C15H18F2N2O. The lowest BCUT2D eigenvalue weighted by Crippen LogP contribution is -2.36. The fourth-order valence-corrected chi connectivity index (χ4v) is 1.88. The molecule has 1 amide bonds. The van der Waals surface area contributed by atoms with Gasteiger partial charge >= 0.3 is 0 Å². The van der Waals surface area contributed by atoms with Crippen molar-refractivity contribution in [2.45, 2.75) is 26.7 Å². The van der Waals surface area contributed by atoms with Crippen molar-refractivity contribution in [2.24, 2.45) is 5.92 Å². The number of nitriles is 1. The van der Waals surface area contributed by atoms with Crippen molar-refractivity contribution in [3.8, 4) is 6.07 Å². The van der Waals surface area contributed by atoms with E-state index in [1.54, 1.807) is 4.90 Å². The third kappa shape index (κ3) is 4.96. The molecule has 0 unspecified atom stereocenters. The Kier molecular flexibility index (Phi) is 6.10. The molecule has 0 bridgehead atoms. The van der Waals surface area contributed by atoms with E-state index in [1.165, 1.54) is 6.07 Å². The topological polar surface area (TPSA) is 44.1 Å². The summed E-state index contributed by atoms with van der Waals surface area (Å²) in [5, 5.41) is 8.61. The monoisotopic (exact) mass is 280 g/mol. The van der Waals surface area contributed by atoms with Crippen LogP contribution >= 0.6 is 0 Å². The number of hydrogen-bond acceptors (Lipinski definition) is 2. The zero-order valence-corrected chi connectivity index (χ0v) is 11.7. The van der Waals surface area contributed by atoms with Crippen molar-refractivity contribution >= 4 is 5.91 Å². The summed E-state index contributed by atoms with van der Waals surface area (Å²) in [6, 6.07) is 5.17. The molecule has 1 aromatic carbocycles. The van der Waals surface area contributed by atoms with Crippen LogP contribution < -0.4 is 0 Å². The molecule has 0 heterocycles. The van der Waals surface area contributed by atoms with Gasteiger partial charge in [0.05, 0.1) is 18.9 Å². The molecule has 0 aromatic heterocycles. The van der Waals surface area contributed by atoms with Crippen molar-refractivity contribution in [1.29, 1.82) is 5.26 Å². The first kappa shape index (κ1) is 16.1. The quantitative estimate of drug-likeness (QED) is 0.804. The maximum Gasteiger partial charge on any atom is 0.227 e. The highest BCUT2D eigenvalue weighted by Gasteiger charge is 2.17. The van der Waals surface area contributed by atoms with E-state index in [0.29, 0.717) is 13.1 Å². The Morgan fingerprint density at radius 1 is 1.40 bits per heavy atom. The fourth-order valence-electron chi connectivity index (χ4n) is 1.88. The zero-order chi connectivity index (χ0) is 15.1. The van der Waals surface area contributed by atoms with Crippen LogP contribution in [-0.4, -0.2) is 23.9 Å². The third-order valence-electron chi connectivity index (χ3n) is 2.79. The van der Waals surface area contributed by atoms with Crippen LogP contribution in [0, 0.1) is 28.9 Å². The summed E-state index contributed by atoms with van der Waals surface area (Å²) >= 11 is 0. The van der Waals surface area contributed by atoms with Crippen molar-refractivity contribution in [3.05, 3.63) is 35.4 Å². The molecule has 0 aliphatic carbocycles. The molecule has 0 saturated carbocycles. The number of carbonyl (C=O) groups is 1. The molecular weight excluding hydrogens is 262 g/mol. The van der Waals surface area contributed by atoms with Gasteiger partial charge in [-0.1, -0.05) is 19.9 Å². The van der Waals surface area contributed by atoms with E-state index < -0.39 is 11.6 Å². The van der Waals surface area contributed by atoms with Crippen molar-refractivity contribution < 1.29 is 13.6 Å². The smallest absolute Gasteiger partial charge is 0.227 e. The van der Waals surface area contributed by atoms with E-state index in [1.807, 2.05) is 19.9 Å². The summed E-state index contributed by atoms with van der Waals surface area (Å²) in [5.74, 6) is -1.37. The van der Waals surface area contributed by atoms with Crippen LogP contribution in [0.15, 0.2) is 18.2 Å². The first-order chi connectivity index (χ1) is 9.43. The second-order valence-corrected chi connectivity index (χ2v) is 5.05. The minimum atomic E-state index is -0.719. The highest BCUT2D eigenvalue weighted by atomic mass is 19.1. The predicted molar refractivity (Wildman–Crippen MR) is 71.7 cm³/mol. The van der Waals surface area contributed by atoms with Crippen molar-refractivity contribution in [3.63, 3.8) is 0 Å². The van der Waals surface area contributed by atoms with E-state index in [2.05, 4.69) is 0 Å². The Morgan fingerprint density at radius 3 is 2.65 bits per heavy atom. The molecule has 0 atom stereocenters. The maximum absolute atomic E-state index is 13.5. The summed E-state index contributed by atoms with van der Waals surface area (Å²) in [6.07, 6.45) is 0.120. The zero-order valence-electron chi connectivity index (χ0n) is 11.7. The minimum absolute atomic E-state index is 0.121. The standard InChI is InChI=1S/C15H18F2N2O/c1-11(2)10-19(7-3-6-18)15(20)8-12-4-5-13(16)9-14(12)17/h4-5,9,11H,3,7-8,10H2,1-2H3. The van der Waals surface area contributed by atoms with Gasteiger partial charge in [0.25, 0.3) is 0 Å². The van der Waals surface area contributed by atoms with Gasteiger partial charge < -0.3 is 4.90 Å². The van der Waals surface area contributed by atoms with Crippen LogP contribution in [-0.2, 0) is 11.2 Å². The first-order valence-corrected chi connectivity index (χ1v) is 6.52. The molecule has 0 aliphatic heterocycles. The molecule has 1 aromatic rings. The Morgan fingerprint density at radius 2 is 2.10 bits per heavy atom. The normalized spacial score (nSPS) is 10.4. The molecule has 20 heavy (non-hydrogen) atoms. The number of halogens is 2. The summed E-state index contributed by atoms with van der Waals surface area (Å²) in [5.41, 5.74) is 0.169.